The molecule has 1 aromatic carbocycles. The minimum Gasteiger partial charge on any atom is -0.464 e. The number of ketones is 2. The van der Waals surface area contributed by atoms with Crippen LogP contribution in [0.15, 0.2) is 30.3 Å². The number of carbonyl (C=O) groups is 4. The second kappa shape index (κ2) is 8.96. The number of rotatable bonds is 9. The van der Waals surface area contributed by atoms with Crippen LogP contribution in [0, 0.1) is 0 Å². The van der Waals surface area contributed by atoms with Crippen LogP contribution in [-0.4, -0.2) is 35.6 Å². The Labute approximate surface area is 141 Å². The first-order valence-corrected chi connectivity index (χ1v) is 7.94. The van der Waals surface area contributed by atoms with Crippen molar-refractivity contribution in [3.63, 3.8) is 0 Å². The van der Waals surface area contributed by atoms with Gasteiger partial charge in [-0.05, 0) is 13.3 Å². The summed E-state index contributed by atoms with van der Waals surface area (Å²) in [5, 5.41) is 2.38. The SMILES string of the molecule is CCCC(=O)C(CC(=O)c1ccccc1)(NC(C)=O)C(=O)OCC. The molecule has 1 aromatic rings. The van der Waals surface area contributed by atoms with Gasteiger partial charge in [-0.1, -0.05) is 37.3 Å². The van der Waals surface area contributed by atoms with E-state index in [4.69, 9.17) is 4.74 Å². The first kappa shape index (κ1) is 19.5. The molecule has 0 aliphatic carbocycles. The van der Waals surface area contributed by atoms with Gasteiger partial charge in [-0.3, -0.25) is 14.4 Å². The average Bonchev–Trinajstić information content (AvgIpc) is 2.54. The van der Waals surface area contributed by atoms with Gasteiger partial charge in [0.25, 0.3) is 0 Å². The molecular formula is C18H23NO5. The molecule has 1 atom stereocenters. The third-order valence-corrected chi connectivity index (χ3v) is 3.49. The summed E-state index contributed by atoms with van der Waals surface area (Å²) in [6.45, 7) is 4.61. The van der Waals surface area contributed by atoms with Gasteiger partial charge >= 0.3 is 5.97 Å². The van der Waals surface area contributed by atoms with Gasteiger partial charge in [0.15, 0.2) is 11.6 Å². The fourth-order valence-corrected chi connectivity index (χ4v) is 2.41. The minimum absolute atomic E-state index is 0.0408. The number of nitrogens with one attached hydrogen (secondary N) is 1. The van der Waals surface area contributed by atoms with Gasteiger partial charge in [0, 0.05) is 18.9 Å². The van der Waals surface area contributed by atoms with E-state index >= 15 is 0 Å². The van der Waals surface area contributed by atoms with E-state index in [1.807, 2.05) is 0 Å². The maximum Gasteiger partial charge on any atom is 0.340 e. The van der Waals surface area contributed by atoms with Gasteiger partial charge in [0.1, 0.15) is 0 Å². The zero-order chi connectivity index (χ0) is 18.2. The van der Waals surface area contributed by atoms with Gasteiger partial charge in [-0.25, -0.2) is 4.79 Å². The van der Waals surface area contributed by atoms with Crippen molar-refractivity contribution >= 4 is 23.4 Å². The molecule has 1 amide bonds. The van der Waals surface area contributed by atoms with E-state index in [1.165, 1.54) is 6.92 Å². The zero-order valence-corrected chi connectivity index (χ0v) is 14.3. The third-order valence-electron chi connectivity index (χ3n) is 3.49. The summed E-state index contributed by atoms with van der Waals surface area (Å²) in [6, 6.07) is 8.31. The second-order valence-electron chi connectivity index (χ2n) is 5.45. The number of Topliss-reactive ketones (excluding diaryl/α,β-unsaturated/α-hetero) is 2. The van der Waals surface area contributed by atoms with Gasteiger partial charge in [0.2, 0.25) is 11.4 Å². The molecule has 0 fully saturated rings. The van der Waals surface area contributed by atoms with E-state index in [0.717, 1.165) is 0 Å². The lowest BCUT2D eigenvalue weighted by Gasteiger charge is -2.30. The Kier molecular flexibility index (Phi) is 7.30. The predicted molar refractivity (Wildman–Crippen MR) is 88.5 cm³/mol. The standard InChI is InChI=1S/C18H23NO5/c1-4-9-16(22)18(19-13(3)20,17(23)24-5-2)12-15(21)14-10-7-6-8-11-14/h6-8,10-11H,4-5,9,12H2,1-3H3,(H,19,20). The van der Waals surface area contributed by atoms with Crippen molar-refractivity contribution < 1.29 is 23.9 Å². The van der Waals surface area contributed by atoms with Gasteiger partial charge < -0.3 is 10.1 Å². The first-order chi connectivity index (χ1) is 11.4. The Morgan fingerprint density at radius 3 is 2.21 bits per heavy atom. The van der Waals surface area contributed by atoms with Crippen LogP contribution in [-0.2, 0) is 19.1 Å². The van der Waals surface area contributed by atoms with Crippen molar-refractivity contribution in [2.75, 3.05) is 6.61 Å². The molecular weight excluding hydrogens is 310 g/mol. The molecule has 0 spiro atoms. The number of amides is 1. The van der Waals surface area contributed by atoms with Gasteiger partial charge in [-0.15, -0.1) is 0 Å². The molecule has 0 heterocycles. The molecule has 1 N–H and O–H groups in total. The lowest BCUT2D eigenvalue weighted by molar-refractivity contribution is -0.157. The largest absolute Gasteiger partial charge is 0.464 e. The Hall–Kier alpha value is -2.50. The molecule has 6 nitrogen and oxygen atoms in total. The van der Waals surface area contributed by atoms with Crippen molar-refractivity contribution in [3.8, 4) is 0 Å². The molecule has 0 aliphatic heterocycles. The minimum atomic E-state index is -1.98. The Bertz CT molecular complexity index is 591. The number of esters is 1. The van der Waals surface area contributed by atoms with Crippen molar-refractivity contribution in [1.29, 1.82) is 0 Å². The van der Waals surface area contributed by atoms with Crippen LogP contribution in [0.5, 0.6) is 0 Å². The summed E-state index contributed by atoms with van der Waals surface area (Å²) in [4.78, 5) is 49.3. The molecule has 0 saturated carbocycles. The van der Waals surface area contributed by atoms with Crippen LogP contribution in [0.3, 0.4) is 0 Å². The molecule has 0 saturated heterocycles. The predicted octanol–water partition coefficient (Wildman–Crippen LogP) is 2.07. The monoisotopic (exact) mass is 333 g/mol. The summed E-state index contributed by atoms with van der Waals surface area (Å²) in [5.41, 5.74) is -1.62. The van der Waals surface area contributed by atoms with Gasteiger partial charge in [-0.2, -0.15) is 0 Å². The number of benzene rings is 1. The highest BCUT2D eigenvalue weighted by Gasteiger charge is 2.49. The first-order valence-electron chi connectivity index (χ1n) is 7.94. The quantitative estimate of drug-likeness (QED) is 0.424. The summed E-state index contributed by atoms with van der Waals surface area (Å²) >= 11 is 0. The summed E-state index contributed by atoms with van der Waals surface area (Å²) in [5.74, 6) is -2.42. The van der Waals surface area contributed by atoms with Crippen LogP contribution in [0.25, 0.3) is 0 Å². The lowest BCUT2D eigenvalue weighted by Crippen LogP contribution is -2.61. The molecule has 0 aromatic heterocycles. The highest BCUT2D eigenvalue weighted by molar-refractivity contribution is 6.15. The normalized spacial score (nSPS) is 12.8. The number of hydrogen-bond acceptors (Lipinski definition) is 5. The maximum atomic E-state index is 12.6. The fraction of sp³-hybridized carbons (Fsp3) is 0.444. The number of hydrogen-bond donors (Lipinski definition) is 1. The average molecular weight is 333 g/mol. The Morgan fingerprint density at radius 1 is 1.08 bits per heavy atom. The molecule has 0 bridgehead atoms. The van der Waals surface area contributed by atoms with Crippen LogP contribution in [0.4, 0.5) is 0 Å². The molecule has 130 valence electrons. The zero-order valence-electron chi connectivity index (χ0n) is 14.3. The maximum absolute atomic E-state index is 12.6. The molecule has 1 unspecified atom stereocenters. The second-order valence-corrected chi connectivity index (χ2v) is 5.45. The molecule has 6 heteroatoms. The smallest absolute Gasteiger partial charge is 0.340 e. The third kappa shape index (κ3) is 4.75. The summed E-state index contributed by atoms with van der Waals surface area (Å²) < 4.78 is 4.99. The summed E-state index contributed by atoms with van der Waals surface area (Å²) in [7, 11) is 0. The summed E-state index contributed by atoms with van der Waals surface area (Å²) in [6.07, 6.45) is 0.0779. The van der Waals surface area contributed by atoms with E-state index < -0.39 is 35.4 Å². The number of ether oxygens (including phenoxy) is 1. The molecule has 1 rings (SSSR count). The topological polar surface area (TPSA) is 89.5 Å². The van der Waals surface area contributed by atoms with E-state index in [2.05, 4.69) is 5.32 Å². The van der Waals surface area contributed by atoms with Crippen LogP contribution in [0.1, 0.15) is 50.4 Å². The van der Waals surface area contributed by atoms with E-state index in [9.17, 15) is 19.2 Å². The van der Waals surface area contributed by atoms with E-state index in [1.54, 1.807) is 44.2 Å². The van der Waals surface area contributed by atoms with E-state index in [0.29, 0.717) is 12.0 Å². The van der Waals surface area contributed by atoms with Crippen molar-refractivity contribution in [3.05, 3.63) is 35.9 Å². The van der Waals surface area contributed by atoms with Crippen molar-refractivity contribution in [2.45, 2.75) is 45.6 Å². The van der Waals surface area contributed by atoms with Crippen LogP contribution in [0.2, 0.25) is 0 Å². The van der Waals surface area contributed by atoms with Crippen molar-refractivity contribution in [1.82, 2.24) is 5.32 Å². The van der Waals surface area contributed by atoms with Gasteiger partial charge in [0.05, 0.1) is 13.0 Å². The molecule has 0 radical (unpaired) electrons. The van der Waals surface area contributed by atoms with Crippen molar-refractivity contribution in [2.24, 2.45) is 0 Å². The Morgan fingerprint density at radius 2 is 1.71 bits per heavy atom. The van der Waals surface area contributed by atoms with E-state index in [-0.39, 0.29) is 13.0 Å². The Balaban J connectivity index is 3.27. The van der Waals surface area contributed by atoms with Crippen LogP contribution < -0.4 is 5.32 Å². The molecule has 0 aliphatic rings. The highest BCUT2D eigenvalue weighted by atomic mass is 16.5. The lowest BCUT2D eigenvalue weighted by atomic mass is 9.84. The molecule has 24 heavy (non-hydrogen) atoms. The highest BCUT2D eigenvalue weighted by Crippen LogP contribution is 2.21. The fourth-order valence-electron chi connectivity index (χ4n) is 2.41. The van der Waals surface area contributed by atoms with Crippen LogP contribution >= 0.6 is 0 Å². The number of carbonyl (C=O) groups excluding carboxylic acids is 4.